The van der Waals surface area contributed by atoms with Gasteiger partial charge < -0.3 is 0 Å². The van der Waals surface area contributed by atoms with E-state index < -0.39 is 15.2 Å². The Morgan fingerprint density at radius 1 is 1.36 bits per heavy atom. The van der Waals surface area contributed by atoms with Crippen molar-refractivity contribution in [2.45, 2.75) is 5.03 Å². The van der Waals surface area contributed by atoms with E-state index in [1.807, 2.05) is 0 Å². The van der Waals surface area contributed by atoms with E-state index >= 15 is 0 Å². The second-order valence-electron chi connectivity index (χ2n) is 2.88. The molecule has 0 aliphatic heterocycles. The molecule has 1 heterocycles. The van der Waals surface area contributed by atoms with Crippen LogP contribution in [0.1, 0.15) is 0 Å². The minimum atomic E-state index is -4.74. The minimum absolute atomic E-state index is 0.303. The Labute approximate surface area is 80.2 Å². The van der Waals surface area contributed by atoms with Gasteiger partial charge in [0, 0.05) is 12.4 Å². The largest absolute Gasteiger partial charge is 0.352 e. The van der Waals surface area contributed by atoms with Crippen molar-refractivity contribution >= 4 is 21.1 Å². The van der Waals surface area contributed by atoms with Gasteiger partial charge in [0.1, 0.15) is 0 Å². The van der Waals surface area contributed by atoms with Crippen molar-refractivity contribution in [3.8, 4) is 0 Å². The van der Waals surface area contributed by atoms with Crippen LogP contribution in [0.25, 0.3) is 10.9 Å². The number of fused-ring (bicyclic) bond motifs is 1. The van der Waals surface area contributed by atoms with Gasteiger partial charge in [0.25, 0.3) is 0 Å². The molecule has 14 heavy (non-hydrogen) atoms. The Hall–Kier alpha value is -1.43. The molecular formula is C8H7FN2O2S. The van der Waals surface area contributed by atoms with E-state index in [4.69, 9.17) is 0 Å². The van der Waals surface area contributed by atoms with Crippen molar-refractivity contribution < 1.29 is 12.3 Å². The van der Waals surface area contributed by atoms with Crippen LogP contribution >= 0.6 is 0 Å². The molecule has 0 saturated carbocycles. The van der Waals surface area contributed by atoms with Gasteiger partial charge in [-0.05, 0) is 12.1 Å². The van der Waals surface area contributed by atoms with Gasteiger partial charge in [0.05, 0.1) is 5.52 Å². The van der Waals surface area contributed by atoms with Gasteiger partial charge in [-0.3, -0.25) is 4.68 Å². The van der Waals surface area contributed by atoms with E-state index in [-0.39, 0.29) is 0 Å². The lowest BCUT2D eigenvalue weighted by Gasteiger charge is -1.90. The highest BCUT2D eigenvalue weighted by Crippen LogP contribution is 2.22. The molecule has 1 aromatic heterocycles. The average Bonchev–Trinajstić information content (AvgIpc) is 2.44. The van der Waals surface area contributed by atoms with Crippen LogP contribution < -0.4 is 0 Å². The first kappa shape index (κ1) is 9.14. The monoisotopic (exact) mass is 214 g/mol. The van der Waals surface area contributed by atoms with Gasteiger partial charge in [-0.15, -0.1) is 0 Å². The SMILES string of the molecule is Cn1nc(S(=O)(=O)F)c2ccccc21. The third-order valence-corrected chi connectivity index (χ3v) is 2.72. The van der Waals surface area contributed by atoms with Crippen LogP contribution in [0, 0.1) is 0 Å². The Bertz CT molecular complexity index is 588. The van der Waals surface area contributed by atoms with Crippen molar-refractivity contribution in [2.75, 3.05) is 0 Å². The summed E-state index contributed by atoms with van der Waals surface area (Å²) in [6.45, 7) is 0. The van der Waals surface area contributed by atoms with E-state index in [1.54, 1.807) is 25.2 Å². The zero-order chi connectivity index (χ0) is 10.3. The van der Waals surface area contributed by atoms with Crippen molar-refractivity contribution in [2.24, 2.45) is 7.05 Å². The Kier molecular flexibility index (Phi) is 1.81. The highest BCUT2D eigenvalue weighted by atomic mass is 32.3. The number of halogens is 1. The first-order valence-corrected chi connectivity index (χ1v) is 5.25. The predicted octanol–water partition coefficient (Wildman–Crippen LogP) is 1.23. The van der Waals surface area contributed by atoms with E-state index in [0.29, 0.717) is 10.9 Å². The fourth-order valence-corrected chi connectivity index (χ4v) is 2.02. The molecule has 0 unspecified atom stereocenters. The van der Waals surface area contributed by atoms with Gasteiger partial charge in [0.15, 0.2) is 0 Å². The highest BCUT2D eigenvalue weighted by Gasteiger charge is 2.20. The molecule has 0 amide bonds. The van der Waals surface area contributed by atoms with Gasteiger partial charge >= 0.3 is 10.2 Å². The molecule has 4 nitrogen and oxygen atoms in total. The number of nitrogens with zero attached hydrogens (tertiary/aromatic N) is 2. The highest BCUT2D eigenvalue weighted by molar-refractivity contribution is 7.86. The quantitative estimate of drug-likeness (QED) is 0.671. The zero-order valence-electron chi connectivity index (χ0n) is 7.31. The molecule has 0 atom stereocenters. The second kappa shape index (κ2) is 2.78. The predicted molar refractivity (Wildman–Crippen MR) is 49.0 cm³/mol. The van der Waals surface area contributed by atoms with Crippen LogP contribution in [0.5, 0.6) is 0 Å². The maximum atomic E-state index is 12.8. The number of para-hydroxylation sites is 1. The summed E-state index contributed by atoms with van der Waals surface area (Å²) in [6, 6.07) is 6.57. The molecular weight excluding hydrogens is 207 g/mol. The summed E-state index contributed by atoms with van der Waals surface area (Å²) < 4.78 is 35.5. The maximum Gasteiger partial charge on any atom is 0.352 e. The first-order valence-electron chi connectivity index (χ1n) is 3.86. The van der Waals surface area contributed by atoms with Gasteiger partial charge in [0.2, 0.25) is 5.03 Å². The molecule has 0 fully saturated rings. The van der Waals surface area contributed by atoms with Crippen molar-refractivity contribution in [1.82, 2.24) is 9.78 Å². The fourth-order valence-electron chi connectivity index (χ4n) is 1.36. The molecule has 6 heteroatoms. The number of hydrogen-bond acceptors (Lipinski definition) is 3. The Balaban J connectivity index is 2.93. The lowest BCUT2D eigenvalue weighted by molar-refractivity contribution is 0.545. The Morgan fingerprint density at radius 2 is 2.00 bits per heavy atom. The molecule has 74 valence electrons. The second-order valence-corrected chi connectivity index (χ2v) is 4.15. The first-order chi connectivity index (χ1) is 6.50. The van der Waals surface area contributed by atoms with E-state index in [9.17, 15) is 12.3 Å². The third-order valence-electron chi connectivity index (χ3n) is 1.95. The summed E-state index contributed by atoms with van der Waals surface area (Å²) in [5.74, 6) is 0. The molecule has 1 aromatic carbocycles. The number of hydrogen-bond donors (Lipinski definition) is 0. The summed E-state index contributed by atoms with van der Waals surface area (Å²) in [6.07, 6.45) is 0. The van der Waals surface area contributed by atoms with Gasteiger partial charge in [-0.1, -0.05) is 16.0 Å². The van der Waals surface area contributed by atoms with Crippen molar-refractivity contribution in [3.05, 3.63) is 24.3 Å². The molecule has 0 aliphatic carbocycles. The molecule has 2 aromatic rings. The van der Waals surface area contributed by atoms with Crippen LogP contribution in [-0.4, -0.2) is 18.2 Å². The fraction of sp³-hybridized carbons (Fsp3) is 0.125. The molecule has 2 rings (SSSR count). The lowest BCUT2D eigenvalue weighted by Crippen LogP contribution is -1.95. The number of aryl methyl sites for hydroxylation is 1. The Morgan fingerprint density at radius 3 is 2.64 bits per heavy atom. The smallest absolute Gasteiger partial charge is 0.267 e. The summed E-state index contributed by atoms with van der Waals surface area (Å²) in [5, 5.41) is 3.40. The topological polar surface area (TPSA) is 52.0 Å². The summed E-state index contributed by atoms with van der Waals surface area (Å²) in [4.78, 5) is 0. The third kappa shape index (κ3) is 1.27. The maximum absolute atomic E-state index is 12.8. The van der Waals surface area contributed by atoms with Crippen LogP contribution in [0.3, 0.4) is 0 Å². The van der Waals surface area contributed by atoms with E-state index in [1.165, 1.54) is 10.7 Å². The van der Waals surface area contributed by atoms with E-state index in [0.717, 1.165) is 0 Å². The van der Waals surface area contributed by atoms with Gasteiger partial charge in [-0.2, -0.15) is 13.5 Å². The molecule has 0 aliphatic rings. The summed E-state index contributed by atoms with van der Waals surface area (Å²) in [7, 11) is -3.17. The summed E-state index contributed by atoms with van der Waals surface area (Å²) in [5.41, 5.74) is 0.587. The standard InChI is InChI=1S/C8H7FN2O2S/c1-11-7-5-3-2-4-6(7)8(10-11)14(9,12)13/h2-5H,1H3. The van der Waals surface area contributed by atoms with E-state index in [2.05, 4.69) is 5.10 Å². The molecule has 0 bridgehead atoms. The van der Waals surface area contributed by atoms with Crippen LogP contribution in [0.15, 0.2) is 29.3 Å². The zero-order valence-corrected chi connectivity index (χ0v) is 8.12. The average molecular weight is 214 g/mol. The molecule has 0 radical (unpaired) electrons. The van der Waals surface area contributed by atoms with Crippen LogP contribution in [-0.2, 0) is 17.3 Å². The molecule has 0 saturated heterocycles. The van der Waals surface area contributed by atoms with Crippen LogP contribution in [0.2, 0.25) is 0 Å². The number of rotatable bonds is 1. The molecule has 0 spiro atoms. The lowest BCUT2D eigenvalue weighted by atomic mass is 10.3. The minimum Gasteiger partial charge on any atom is -0.267 e. The van der Waals surface area contributed by atoms with Crippen molar-refractivity contribution in [3.63, 3.8) is 0 Å². The molecule has 0 N–H and O–H groups in total. The number of benzene rings is 1. The summed E-state index contributed by atoms with van der Waals surface area (Å²) >= 11 is 0. The normalized spacial score (nSPS) is 12.1. The van der Waals surface area contributed by atoms with Gasteiger partial charge in [-0.25, -0.2) is 0 Å². The van der Waals surface area contributed by atoms with Crippen molar-refractivity contribution in [1.29, 1.82) is 0 Å². The number of aromatic nitrogens is 2. The van der Waals surface area contributed by atoms with Crippen LogP contribution in [0.4, 0.5) is 3.89 Å².